The van der Waals surface area contributed by atoms with Crippen molar-refractivity contribution in [2.75, 3.05) is 12.8 Å². The number of nitrogens with zero attached hydrogens (tertiary/aromatic N) is 2. The third kappa shape index (κ3) is 4.33. The molecular weight excluding hydrogens is 419 g/mol. The molecule has 2 aromatic heterocycles. The van der Waals surface area contributed by atoms with Crippen LogP contribution in [0, 0.1) is 0 Å². The van der Waals surface area contributed by atoms with Crippen LogP contribution in [0.1, 0.15) is 35.5 Å². The van der Waals surface area contributed by atoms with Gasteiger partial charge in [0.15, 0.2) is 5.69 Å². The van der Waals surface area contributed by atoms with Gasteiger partial charge in [0.05, 0.1) is 11.1 Å². The van der Waals surface area contributed by atoms with E-state index in [0.29, 0.717) is 11.1 Å². The van der Waals surface area contributed by atoms with E-state index in [1.165, 1.54) is 16.7 Å². The van der Waals surface area contributed by atoms with Gasteiger partial charge in [0.25, 0.3) is 5.91 Å². The third-order valence-corrected chi connectivity index (χ3v) is 5.68. The fourth-order valence-electron chi connectivity index (χ4n) is 3.04. The Kier molecular flexibility index (Phi) is 5.40. The molecule has 0 aliphatic rings. The molecular formula is C20H20F3N3O3S. The molecule has 0 fully saturated rings. The highest BCUT2D eigenvalue weighted by atomic mass is 32.2. The van der Waals surface area contributed by atoms with Gasteiger partial charge in [-0.15, -0.1) is 0 Å². The Morgan fingerprint density at radius 3 is 2.40 bits per heavy atom. The zero-order chi connectivity index (χ0) is 22.3. The van der Waals surface area contributed by atoms with Gasteiger partial charge < -0.3 is 5.32 Å². The minimum Gasteiger partial charge on any atom is -0.350 e. The van der Waals surface area contributed by atoms with Crippen LogP contribution >= 0.6 is 0 Å². The first-order valence-corrected chi connectivity index (χ1v) is 10.8. The summed E-state index contributed by atoms with van der Waals surface area (Å²) in [7, 11) is -3.68. The van der Waals surface area contributed by atoms with Crippen molar-refractivity contribution in [1.82, 2.24) is 14.7 Å². The second-order valence-corrected chi connectivity index (χ2v) is 9.53. The number of alkyl halides is 3. The Hall–Kier alpha value is -2.88. The number of benzene rings is 1. The standard InChI is InChI=1S/C20H20F3N3O3S/c1-19(2,13-7-6-8-14(11-13)20(21,22)23)12-24-17(27)16-15-9-4-5-10-26(15)18(25-16)30(3,28)29/h4-11H,12H2,1-3H3,(H,24,27). The lowest BCUT2D eigenvalue weighted by atomic mass is 9.83. The van der Waals surface area contributed by atoms with E-state index in [1.54, 1.807) is 38.1 Å². The van der Waals surface area contributed by atoms with E-state index >= 15 is 0 Å². The Balaban J connectivity index is 1.87. The average molecular weight is 439 g/mol. The minimum absolute atomic E-state index is 0.0210. The number of hydrogen-bond acceptors (Lipinski definition) is 4. The van der Waals surface area contributed by atoms with Crippen molar-refractivity contribution in [2.24, 2.45) is 0 Å². The molecule has 30 heavy (non-hydrogen) atoms. The van der Waals surface area contributed by atoms with Gasteiger partial charge in [0.1, 0.15) is 0 Å². The zero-order valence-electron chi connectivity index (χ0n) is 16.5. The van der Waals surface area contributed by atoms with E-state index in [2.05, 4.69) is 10.3 Å². The number of carbonyl (C=O) groups excluding carboxylic acids is 1. The Labute approximate surface area is 171 Å². The third-order valence-electron chi connectivity index (χ3n) is 4.73. The summed E-state index contributed by atoms with van der Waals surface area (Å²) >= 11 is 0. The molecule has 0 saturated carbocycles. The van der Waals surface area contributed by atoms with Gasteiger partial charge in [-0.3, -0.25) is 9.20 Å². The van der Waals surface area contributed by atoms with Crippen LogP contribution in [0.2, 0.25) is 0 Å². The largest absolute Gasteiger partial charge is 0.416 e. The maximum Gasteiger partial charge on any atom is 0.416 e. The second kappa shape index (κ2) is 7.42. The summed E-state index contributed by atoms with van der Waals surface area (Å²) < 4.78 is 64.3. The molecule has 0 spiro atoms. The van der Waals surface area contributed by atoms with Gasteiger partial charge in [-0.05, 0) is 23.8 Å². The molecule has 0 saturated heterocycles. The van der Waals surface area contributed by atoms with Crippen molar-refractivity contribution in [3.8, 4) is 0 Å². The number of hydrogen-bond donors (Lipinski definition) is 1. The van der Waals surface area contributed by atoms with Crippen LogP contribution in [0.15, 0.2) is 53.8 Å². The zero-order valence-corrected chi connectivity index (χ0v) is 17.3. The quantitative estimate of drug-likeness (QED) is 0.660. The van der Waals surface area contributed by atoms with Gasteiger partial charge in [-0.25, -0.2) is 13.4 Å². The summed E-state index contributed by atoms with van der Waals surface area (Å²) in [4.78, 5) is 16.7. The van der Waals surface area contributed by atoms with Gasteiger partial charge >= 0.3 is 6.18 Å². The molecule has 1 aromatic carbocycles. The summed E-state index contributed by atoms with van der Waals surface area (Å²) in [5.41, 5.74) is -0.934. The molecule has 1 N–H and O–H groups in total. The molecule has 0 unspecified atom stereocenters. The van der Waals surface area contributed by atoms with Crippen molar-refractivity contribution in [2.45, 2.75) is 30.6 Å². The van der Waals surface area contributed by atoms with Crippen LogP contribution in [0.3, 0.4) is 0 Å². The number of pyridine rings is 1. The number of carbonyl (C=O) groups is 1. The molecule has 2 heterocycles. The van der Waals surface area contributed by atoms with E-state index in [9.17, 15) is 26.4 Å². The highest BCUT2D eigenvalue weighted by Crippen LogP contribution is 2.32. The van der Waals surface area contributed by atoms with Crippen LogP contribution < -0.4 is 5.32 Å². The molecule has 0 bridgehead atoms. The highest BCUT2D eigenvalue weighted by molar-refractivity contribution is 7.90. The van der Waals surface area contributed by atoms with Gasteiger partial charge in [-0.1, -0.05) is 38.1 Å². The number of amides is 1. The number of rotatable bonds is 5. The molecule has 6 nitrogen and oxygen atoms in total. The fraction of sp³-hybridized carbons (Fsp3) is 0.300. The molecule has 10 heteroatoms. The Bertz CT molecular complexity index is 1210. The number of nitrogens with one attached hydrogen (secondary N) is 1. The molecule has 3 rings (SSSR count). The number of fused-ring (bicyclic) bond motifs is 1. The minimum atomic E-state index is -4.47. The SMILES string of the molecule is CC(C)(CNC(=O)c1nc(S(C)(=O)=O)n2ccccc12)c1cccc(C(F)(F)F)c1. The molecule has 0 aliphatic heterocycles. The maximum absolute atomic E-state index is 13.0. The predicted molar refractivity (Wildman–Crippen MR) is 105 cm³/mol. The monoisotopic (exact) mass is 439 g/mol. The van der Waals surface area contributed by atoms with Crippen molar-refractivity contribution in [1.29, 1.82) is 0 Å². The Morgan fingerprint density at radius 1 is 1.10 bits per heavy atom. The fourth-order valence-corrected chi connectivity index (χ4v) is 3.82. The summed E-state index contributed by atoms with van der Waals surface area (Å²) in [6, 6.07) is 9.75. The second-order valence-electron chi connectivity index (χ2n) is 7.62. The van der Waals surface area contributed by atoms with Crippen molar-refractivity contribution in [3.63, 3.8) is 0 Å². The number of sulfone groups is 1. The molecule has 0 radical (unpaired) electrons. The van der Waals surface area contributed by atoms with Crippen LogP contribution in [-0.4, -0.2) is 36.5 Å². The van der Waals surface area contributed by atoms with Crippen LogP contribution in [0.4, 0.5) is 13.2 Å². The van der Waals surface area contributed by atoms with Gasteiger partial charge in [0, 0.05) is 24.4 Å². The maximum atomic E-state index is 13.0. The summed E-state index contributed by atoms with van der Waals surface area (Å²) in [5.74, 6) is -0.617. The van der Waals surface area contributed by atoms with E-state index in [-0.39, 0.29) is 17.4 Å². The number of imidazole rings is 1. The lowest BCUT2D eigenvalue weighted by molar-refractivity contribution is -0.137. The Morgan fingerprint density at radius 2 is 1.77 bits per heavy atom. The highest BCUT2D eigenvalue weighted by Gasteiger charge is 2.32. The number of aromatic nitrogens is 2. The number of halogens is 3. The molecule has 0 atom stereocenters. The van der Waals surface area contributed by atoms with Gasteiger partial charge in [0.2, 0.25) is 15.0 Å². The molecule has 1 amide bonds. The lowest BCUT2D eigenvalue weighted by Gasteiger charge is -2.26. The molecule has 0 aliphatic carbocycles. The average Bonchev–Trinajstić information content (AvgIpc) is 3.06. The van der Waals surface area contributed by atoms with Crippen LogP contribution in [0.25, 0.3) is 5.52 Å². The van der Waals surface area contributed by atoms with E-state index < -0.39 is 32.9 Å². The predicted octanol–water partition coefficient (Wildman–Crippen LogP) is 3.46. The van der Waals surface area contributed by atoms with Crippen molar-refractivity contribution < 1.29 is 26.4 Å². The van der Waals surface area contributed by atoms with Crippen molar-refractivity contribution >= 4 is 21.3 Å². The molecule has 3 aromatic rings. The van der Waals surface area contributed by atoms with Gasteiger partial charge in [-0.2, -0.15) is 13.2 Å². The van der Waals surface area contributed by atoms with Crippen LogP contribution in [0.5, 0.6) is 0 Å². The van der Waals surface area contributed by atoms with Crippen LogP contribution in [-0.2, 0) is 21.4 Å². The first-order chi connectivity index (χ1) is 13.8. The summed E-state index contributed by atoms with van der Waals surface area (Å²) in [5, 5.41) is 2.40. The first kappa shape index (κ1) is 21.8. The topological polar surface area (TPSA) is 80.5 Å². The smallest absolute Gasteiger partial charge is 0.350 e. The van der Waals surface area contributed by atoms with E-state index in [0.717, 1.165) is 18.4 Å². The molecule has 160 valence electrons. The normalized spacial score (nSPS) is 12.9. The summed E-state index contributed by atoms with van der Waals surface area (Å²) in [6.07, 6.45) is -1.98. The van der Waals surface area contributed by atoms with Crippen molar-refractivity contribution in [3.05, 3.63) is 65.5 Å². The summed E-state index contributed by atoms with van der Waals surface area (Å²) in [6.45, 7) is 3.43. The lowest BCUT2D eigenvalue weighted by Crippen LogP contribution is -2.37. The first-order valence-electron chi connectivity index (χ1n) is 8.94. The van der Waals surface area contributed by atoms with E-state index in [4.69, 9.17) is 0 Å². The van der Waals surface area contributed by atoms with E-state index in [1.807, 2.05) is 0 Å².